The highest BCUT2D eigenvalue weighted by Gasteiger charge is 2.40. The number of halogens is 1. The Bertz CT molecular complexity index is 831. The van der Waals surface area contributed by atoms with Crippen LogP contribution in [0.15, 0.2) is 23.0 Å². The summed E-state index contributed by atoms with van der Waals surface area (Å²) in [5, 5.41) is 1.03. The van der Waals surface area contributed by atoms with Gasteiger partial charge in [-0.15, -0.1) is 0 Å². The number of aromatic nitrogens is 1. The minimum atomic E-state index is -0.165. The fourth-order valence-electron chi connectivity index (χ4n) is 4.26. The zero-order chi connectivity index (χ0) is 15.3. The van der Waals surface area contributed by atoms with Crippen LogP contribution in [0.1, 0.15) is 54.6 Å². The van der Waals surface area contributed by atoms with Gasteiger partial charge in [0.1, 0.15) is 0 Å². The Morgan fingerprint density at radius 3 is 2.59 bits per heavy atom. The van der Waals surface area contributed by atoms with Crippen molar-refractivity contribution in [2.45, 2.75) is 44.9 Å². The first-order chi connectivity index (χ1) is 10.6. The van der Waals surface area contributed by atoms with Gasteiger partial charge in [0.2, 0.25) is 5.43 Å². The van der Waals surface area contributed by atoms with Crippen molar-refractivity contribution >= 4 is 28.3 Å². The number of aromatic amines is 1. The Labute approximate surface area is 133 Å². The Morgan fingerprint density at radius 1 is 1.05 bits per heavy atom. The van der Waals surface area contributed by atoms with Crippen LogP contribution in [0.5, 0.6) is 0 Å². The molecule has 0 unspecified atom stereocenters. The molecule has 114 valence electrons. The van der Waals surface area contributed by atoms with E-state index in [1.54, 1.807) is 12.1 Å². The molecule has 2 aliphatic carbocycles. The van der Waals surface area contributed by atoms with Crippen molar-refractivity contribution in [1.82, 2.24) is 4.98 Å². The number of carbonyl (C=O) groups is 1. The number of pyridine rings is 1. The maximum atomic E-state index is 12.7. The standard InChI is InChI=1S/C18H18ClNO2/c19-11-4-5-13-12(8-11)17(22)16-14(20-13)9-18(10-15(16)21)6-2-1-3-7-18/h4-5,8H,1-3,6-7,9-10H2,(H,20,22). The lowest BCUT2D eigenvalue weighted by atomic mass is 9.64. The van der Waals surface area contributed by atoms with Gasteiger partial charge in [-0.25, -0.2) is 0 Å². The third-order valence-electron chi connectivity index (χ3n) is 5.32. The van der Waals surface area contributed by atoms with E-state index in [9.17, 15) is 9.59 Å². The molecular formula is C18H18ClNO2. The summed E-state index contributed by atoms with van der Waals surface area (Å²) in [4.78, 5) is 28.7. The molecule has 0 bridgehead atoms. The second kappa shape index (κ2) is 4.95. The molecule has 4 rings (SSSR count). The van der Waals surface area contributed by atoms with Crippen LogP contribution < -0.4 is 5.43 Å². The van der Waals surface area contributed by atoms with Gasteiger partial charge in [-0.2, -0.15) is 0 Å². The van der Waals surface area contributed by atoms with E-state index in [4.69, 9.17) is 11.6 Å². The fraction of sp³-hybridized carbons (Fsp3) is 0.444. The molecule has 0 amide bonds. The van der Waals surface area contributed by atoms with E-state index in [0.717, 1.165) is 30.5 Å². The van der Waals surface area contributed by atoms with E-state index in [0.29, 0.717) is 22.4 Å². The van der Waals surface area contributed by atoms with Crippen LogP contribution in [0.3, 0.4) is 0 Å². The average molecular weight is 316 g/mol. The Balaban J connectivity index is 1.91. The van der Waals surface area contributed by atoms with Gasteiger partial charge < -0.3 is 4.98 Å². The minimum absolute atomic E-state index is 0.00581. The summed E-state index contributed by atoms with van der Waals surface area (Å²) < 4.78 is 0. The molecule has 0 saturated heterocycles. The first kappa shape index (κ1) is 14.0. The number of hydrogen-bond donors (Lipinski definition) is 1. The Hall–Kier alpha value is -1.61. The van der Waals surface area contributed by atoms with Gasteiger partial charge in [-0.3, -0.25) is 9.59 Å². The van der Waals surface area contributed by atoms with Crippen LogP contribution in [0.2, 0.25) is 5.02 Å². The summed E-state index contributed by atoms with van der Waals surface area (Å²) in [6.07, 6.45) is 7.18. The number of fused-ring (bicyclic) bond motifs is 2. The monoisotopic (exact) mass is 315 g/mol. The summed E-state index contributed by atoms with van der Waals surface area (Å²) in [5.41, 5.74) is 1.88. The van der Waals surface area contributed by atoms with Crippen molar-refractivity contribution in [3.63, 3.8) is 0 Å². The molecule has 1 saturated carbocycles. The van der Waals surface area contributed by atoms with Crippen molar-refractivity contribution in [2.75, 3.05) is 0 Å². The highest BCUT2D eigenvalue weighted by Crippen LogP contribution is 2.45. The third kappa shape index (κ3) is 2.11. The van der Waals surface area contributed by atoms with Crippen LogP contribution in [0.25, 0.3) is 10.9 Å². The first-order valence-electron chi connectivity index (χ1n) is 7.96. The number of rotatable bonds is 0. The number of benzene rings is 1. The highest BCUT2D eigenvalue weighted by atomic mass is 35.5. The van der Waals surface area contributed by atoms with Crippen LogP contribution >= 0.6 is 11.6 Å². The average Bonchev–Trinajstić information content (AvgIpc) is 2.48. The third-order valence-corrected chi connectivity index (χ3v) is 5.56. The Kier molecular flexibility index (Phi) is 3.15. The number of Topliss-reactive ketones (excluding diaryl/α,β-unsaturated/α-hetero) is 1. The summed E-state index contributed by atoms with van der Waals surface area (Å²) in [5.74, 6) is 0.00581. The summed E-state index contributed by atoms with van der Waals surface area (Å²) >= 11 is 5.99. The SMILES string of the molecule is O=C1CC2(CCCCC2)Cc2[nH]c3ccc(Cl)cc3c(=O)c21. The smallest absolute Gasteiger partial charge is 0.200 e. The largest absolute Gasteiger partial charge is 0.358 e. The highest BCUT2D eigenvalue weighted by molar-refractivity contribution is 6.31. The first-order valence-corrected chi connectivity index (χ1v) is 8.33. The van der Waals surface area contributed by atoms with Gasteiger partial charge in [0, 0.05) is 28.0 Å². The van der Waals surface area contributed by atoms with E-state index in [1.165, 1.54) is 19.3 Å². The topological polar surface area (TPSA) is 49.9 Å². The normalized spacial score (nSPS) is 20.3. The quantitative estimate of drug-likeness (QED) is 0.789. The summed E-state index contributed by atoms with van der Waals surface area (Å²) in [6.45, 7) is 0. The van der Waals surface area contributed by atoms with Gasteiger partial charge >= 0.3 is 0 Å². The van der Waals surface area contributed by atoms with Gasteiger partial charge in [0.25, 0.3) is 0 Å². The molecule has 1 aromatic heterocycles. The number of ketones is 1. The molecule has 1 spiro atoms. The predicted octanol–water partition coefficient (Wildman–Crippen LogP) is 4.26. The van der Waals surface area contributed by atoms with E-state index in [1.807, 2.05) is 6.07 Å². The number of carbonyl (C=O) groups excluding carboxylic acids is 1. The molecule has 3 nitrogen and oxygen atoms in total. The second-order valence-electron chi connectivity index (χ2n) is 6.83. The molecule has 1 heterocycles. The van der Waals surface area contributed by atoms with Crippen molar-refractivity contribution in [2.24, 2.45) is 5.41 Å². The maximum Gasteiger partial charge on any atom is 0.200 e. The molecule has 4 heteroatoms. The van der Waals surface area contributed by atoms with Crippen molar-refractivity contribution in [1.29, 1.82) is 0 Å². The van der Waals surface area contributed by atoms with Crippen LogP contribution in [-0.2, 0) is 6.42 Å². The van der Waals surface area contributed by atoms with Gasteiger partial charge in [-0.1, -0.05) is 30.9 Å². The molecule has 22 heavy (non-hydrogen) atoms. The van der Waals surface area contributed by atoms with E-state index in [-0.39, 0.29) is 16.6 Å². The molecule has 1 fully saturated rings. The lowest BCUT2D eigenvalue weighted by Gasteiger charge is -2.40. The number of hydrogen-bond acceptors (Lipinski definition) is 2. The molecule has 1 aromatic carbocycles. The van der Waals surface area contributed by atoms with Crippen LogP contribution in [0, 0.1) is 5.41 Å². The lowest BCUT2D eigenvalue weighted by Crippen LogP contribution is -2.37. The van der Waals surface area contributed by atoms with Gasteiger partial charge in [0.15, 0.2) is 5.78 Å². The zero-order valence-electron chi connectivity index (χ0n) is 12.4. The molecule has 0 radical (unpaired) electrons. The number of nitrogens with one attached hydrogen (secondary N) is 1. The van der Waals surface area contributed by atoms with Gasteiger partial charge in [-0.05, 0) is 42.9 Å². The lowest BCUT2D eigenvalue weighted by molar-refractivity contribution is 0.0817. The van der Waals surface area contributed by atoms with Gasteiger partial charge in [0.05, 0.1) is 5.56 Å². The molecule has 0 aliphatic heterocycles. The zero-order valence-corrected chi connectivity index (χ0v) is 13.1. The van der Waals surface area contributed by atoms with Crippen LogP contribution in [0.4, 0.5) is 0 Å². The minimum Gasteiger partial charge on any atom is -0.358 e. The fourth-order valence-corrected chi connectivity index (χ4v) is 4.43. The summed E-state index contributed by atoms with van der Waals surface area (Å²) in [7, 11) is 0. The van der Waals surface area contributed by atoms with Crippen LogP contribution in [-0.4, -0.2) is 10.8 Å². The molecule has 2 aliphatic rings. The number of H-pyrrole nitrogens is 1. The summed E-state index contributed by atoms with van der Waals surface area (Å²) in [6, 6.07) is 5.24. The molecule has 0 atom stereocenters. The van der Waals surface area contributed by atoms with Crippen molar-refractivity contribution in [3.8, 4) is 0 Å². The van der Waals surface area contributed by atoms with Crippen molar-refractivity contribution < 1.29 is 4.79 Å². The predicted molar refractivity (Wildman–Crippen MR) is 87.7 cm³/mol. The molecule has 2 aromatic rings. The molecule has 1 N–H and O–H groups in total. The second-order valence-corrected chi connectivity index (χ2v) is 7.27. The Morgan fingerprint density at radius 2 is 1.82 bits per heavy atom. The van der Waals surface area contributed by atoms with E-state index < -0.39 is 0 Å². The van der Waals surface area contributed by atoms with E-state index in [2.05, 4.69) is 4.98 Å². The molecular weight excluding hydrogens is 298 g/mol. The van der Waals surface area contributed by atoms with Crippen molar-refractivity contribution in [3.05, 3.63) is 44.7 Å². The maximum absolute atomic E-state index is 12.7. The van der Waals surface area contributed by atoms with E-state index >= 15 is 0 Å².